The van der Waals surface area contributed by atoms with E-state index in [1.807, 2.05) is 7.05 Å². The van der Waals surface area contributed by atoms with Crippen LogP contribution in [-0.4, -0.2) is 32.1 Å². The molecule has 1 aliphatic carbocycles. The molecule has 0 unspecified atom stereocenters. The normalized spacial score (nSPS) is 18.4. The molecule has 24 heavy (non-hydrogen) atoms. The summed E-state index contributed by atoms with van der Waals surface area (Å²) in [6.45, 7) is 2.84. The molecule has 1 aliphatic heterocycles. The van der Waals surface area contributed by atoms with E-state index < -0.39 is 0 Å². The van der Waals surface area contributed by atoms with Crippen molar-refractivity contribution < 1.29 is 0 Å². The highest BCUT2D eigenvalue weighted by molar-refractivity contribution is 14.0. The molecular weight excluding hydrogens is 411 g/mol. The number of hydrogen-bond donors (Lipinski definition) is 2. The lowest BCUT2D eigenvalue weighted by atomic mass is 9.96. The Labute approximate surface area is 162 Å². The molecule has 0 radical (unpaired) electrons. The van der Waals surface area contributed by atoms with Gasteiger partial charge in [-0.1, -0.05) is 43.5 Å². The number of nitrogens with one attached hydrogen (secondary N) is 2. The lowest BCUT2D eigenvalue weighted by molar-refractivity contribution is 0.410. The molecule has 0 aromatic heterocycles. The minimum absolute atomic E-state index is 0. The molecule has 0 amide bonds. The molecule has 1 aromatic rings. The van der Waals surface area contributed by atoms with Crippen LogP contribution in [0.3, 0.4) is 0 Å². The molecule has 0 bridgehead atoms. The summed E-state index contributed by atoms with van der Waals surface area (Å²) in [5, 5.41) is 7.02. The average Bonchev–Trinajstić information content (AvgIpc) is 3.14. The van der Waals surface area contributed by atoms with Gasteiger partial charge in [0, 0.05) is 38.4 Å². The third-order valence-electron chi connectivity index (χ3n) is 4.72. The van der Waals surface area contributed by atoms with Crippen LogP contribution >= 0.6 is 24.0 Å². The van der Waals surface area contributed by atoms with Gasteiger partial charge < -0.3 is 15.5 Å². The fraction of sp³-hybridized carbons (Fsp3) is 0.526. The summed E-state index contributed by atoms with van der Waals surface area (Å²) in [5.74, 6) is 0.921. The first-order chi connectivity index (χ1) is 11.3. The largest absolute Gasteiger partial charge is 0.364 e. The molecule has 0 atom stereocenters. The second-order valence-electron chi connectivity index (χ2n) is 6.45. The molecule has 0 saturated heterocycles. The lowest BCUT2D eigenvalue weighted by Crippen LogP contribution is -2.43. The number of guanidine groups is 1. The SMILES string of the molecule is CN=C(NCc1cccc(N2CC=CC2)c1)NC1CCCCC1.I. The van der Waals surface area contributed by atoms with E-state index in [4.69, 9.17) is 0 Å². The van der Waals surface area contributed by atoms with Gasteiger partial charge in [-0.15, -0.1) is 24.0 Å². The standard InChI is InChI=1S/C19H28N4.HI/c1-20-19(22-17-9-3-2-4-10-17)21-15-16-8-7-11-18(14-16)23-12-5-6-13-23;/h5-8,11,14,17H,2-4,9-10,12-13,15H2,1H3,(H2,20,21,22);1H. The predicted molar refractivity (Wildman–Crippen MR) is 113 cm³/mol. The van der Waals surface area contributed by atoms with Crippen LogP contribution in [0.2, 0.25) is 0 Å². The first-order valence-electron chi connectivity index (χ1n) is 8.81. The number of nitrogens with zero attached hydrogens (tertiary/aromatic N) is 2. The Balaban J connectivity index is 0.00000208. The maximum absolute atomic E-state index is 4.37. The smallest absolute Gasteiger partial charge is 0.191 e. The van der Waals surface area contributed by atoms with Gasteiger partial charge in [0.1, 0.15) is 0 Å². The Hall–Kier alpha value is -1.24. The van der Waals surface area contributed by atoms with Crippen molar-refractivity contribution in [2.45, 2.75) is 44.7 Å². The van der Waals surface area contributed by atoms with Crippen molar-refractivity contribution in [1.29, 1.82) is 0 Å². The fourth-order valence-corrected chi connectivity index (χ4v) is 3.37. The summed E-state index contributed by atoms with van der Waals surface area (Å²) < 4.78 is 0. The molecule has 3 rings (SSSR count). The van der Waals surface area contributed by atoms with Crippen molar-refractivity contribution in [3.05, 3.63) is 42.0 Å². The van der Waals surface area contributed by atoms with Gasteiger partial charge >= 0.3 is 0 Å². The number of aliphatic imine (C=N–C) groups is 1. The molecular formula is C19H29IN4. The summed E-state index contributed by atoms with van der Waals surface area (Å²) in [6, 6.07) is 9.35. The van der Waals surface area contributed by atoms with E-state index in [2.05, 4.69) is 56.9 Å². The van der Waals surface area contributed by atoms with Crippen molar-refractivity contribution >= 4 is 35.6 Å². The van der Waals surface area contributed by atoms with E-state index in [0.717, 1.165) is 25.6 Å². The van der Waals surface area contributed by atoms with Gasteiger partial charge in [0.25, 0.3) is 0 Å². The van der Waals surface area contributed by atoms with E-state index in [9.17, 15) is 0 Å². The van der Waals surface area contributed by atoms with Crippen LogP contribution in [0.4, 0.5) is 5.69 Å². The zero-order valence-electron chi connectivity index (χ0n) is 14.5. The van der Waals surface area contributed by atoms with Crippen LogP contribution in [0.1, 0.15) is 37.7 Å². The quantitative estimate of drug-likeness (QED) is 0.325. The molecule has 0 spiro atoms. The molecule has 2 N–H and O–H groups in total. The van der Waals surface area contributed by atoms with Gasteiger partial charge in [-0.25, -0.2) is 0 Å². The molecule has 5 heteroatoms. The van der Waals surface area contributed by atoms with E-state index in [1.165, 1.54) is 43.4 Å². The number of anilines is 1. The summed E-state index contributed by atoms with van der Waals surface area (Å²) in [4.78, 5) is 6.74. The minimum atomic E-state index is 0. The Bertz CT molecular complexity index is 556. The van der Waals surface area contributed by atoms with Crippen molar-refractivity contribution in [2.24, 2.45) is 4.99 Å². The minimum Gasteiger partial charge on any atom is -0.364 e. The maximum atomic E-state index is 4.37. The summed E-state index contributed by atoms with van der Waals surface area (Å²) in [6.07, 6.45) is 11.0. The highest BCUT2D eigenvalue weighted by Gasteiger charge is 2.14. The van der Waals surface area contributed by atoms with E-state index in [0.29, 0.717) is 6.04 Å². The van der Waals surface area contributed by atoms with Crippen molar-refractivity contribution in [3.8, 4) is 0 Å². The zero-order chi connectivity index (χ0) is 15.9. The molecule has 1 saturated carbocycles. The van der Waals surface area contributed by atoms with Gasteiger partial charge in [0.2, 0.25) is 0 Å². The topological polar surface area (TPSA) is 39.7 Å². The molecule has 1 heterocycles. The average molecular weight is 440 g/mol. The van der Waals surface area contributed by atoms with E-state index in [1.54, 1.807) is 0 Å². The van der Waals surface area contributed by atoms with Gasteiger partial charge in [-0.2, -0.15) is 0 Å². The second-order valence-corrected chi connectivity index (χ2v) is 6.45. The predicted octanol–water partition coefficient (Wildman–Crippen LogP) is 3.68. The monoisotopic (exact) mass is 440 g/mol. The van der Waals surface area contributed by atoms with Gasteiger partial charge in [0.15, 0.2) is 5.96 Å². The third-order valence-corrected chi connectivity index (χ3v) is 4.72. The third kappa shape index (κ3) is 5.40. The van der Waals surface area contributed by atoms with E-state index >= 15 is 0 Å². The highest BCUT2D eigenvalue weighted by atomic mass is 127. The lowest BCUT2D eigenvalue weighted by Gasteiger charge is -2.25. The number of halogens is 1. The summed E-state index contributed by atoms with van der Waals surface area (Å²) >= 11 is 0. The van der Waals surface area contributed by atoms with Crippen molar-refractivity contribution in [1.82, 2.24) is 10.6 Å². The van der Waals surface area contributed by atoms with Gasteiger partial charge in [-0.05, 0) is 30.5 Å². The maximum Gasteiger partial charge on any atom is 0.191 e. The Morgan fingerprint density at radius 1 is 1.17 bits per heavy atom. The van der Waals surface area contributed by atoms with Crippen molar-refractivity contribution in [3.63, 3.8) is 0 Å². The molecule has 2 aliphatic rings. The number of hydrogen-bond acceptors (Lipinski definition) is 2. The molecule has 4 nitrogen and oxygen atoms in total. The number of benzene rings is 1. The molecule has 132 valence electrons. The first-order valence-corrected chi connectivity index (χ1v) is 8.81. The van der Waals surface area contributed by atoms with Crippen LogP contribution in [0, 0.1) is 0 Å². The first kappa shape index (κ1) is 19.1. The summed E-state index contributed by atoms with van der Waals surface area (Å²) in [5.41, 5.74) is 2.59. The molecule has 1 fully saturated rings. The number of rotatable bonds is 4. The van der Waals surface area contributed by atoms with Crippen LogP contribution in [0.25, 0.3) is 0 Å². The molecule has 1 aromatic carbocycles. The fourth-order valence-electron chi connectivity index (χ4n) is 3.37. The Morgan fingerprint density at radius 3 is 2.62 bits per heavy atom. The Kier molecular flexibility index (Phi) is 7.88. The second kappa shape index (κ2) is 9.91. The van der Waals surface area contributed by atoms with Gasteiger partial charge in [0.05, 0.1) is 0 Å². The van der Waals surface area contributed by atoms with Crippen molar-refractivity contribution in [2.75, 3.05) is 25.0 Å². The highest BCUT2D eigenvalue weighted by Crippen LogP contribution is 2.19. The van der Waals surface area contributed by atoms with Crippen LogP contribution in [-0.2, 0) is 6.54 Å². The van der Waals surface area contributed by atoms with Gasteiger partial charge in [-0.3, -0.25) is 4.99 Å². The van der Waals surface area contributed by atoms with Crippen LogP contribution in [0.15, 0.2) is 41.4 Å². The van der Waals surface area contributed by atoms with Crippen LogP contribution in [0.5, 0.6) is 0 Å². The van der Waals surface area contributed by atoms with Crippen LogP contribution < -0.4 is 15.5 Å². The zero-order valence-corrected chi connectivity index (χ0v) is 16.8. The Morgan fingerprint density at radius 2 is 1.92 bits per heavy atom. The summed E-state index contributed by atoms with van der Waals surface area (Å²) in [7, 11) is 1.85. The van der Waals surface area contributed by atoms with E-state index in [-0.39, 0.29) is 24.0 Å².